The number of carboxylic acid groups (broad SMARTS) is 1. The van der Waals surface area contributed by atoms with Gasteiger partial charge in [0, 0.05) is 9.13 Å². The number of benzene rings is 1. The van der Waals surface area contributed by atoms with Gasteiger partial charge in [-0.15, -0.1) is 12.4 Å². The number of piperidine rings is 1. The molecule has 1 saturated heterocycles. The molecule has 1 fully saturated rings. The molecule has 152 valence electrons. The van der Waals surface area contributed by atoms with Crippen molar-refractivity contribution >= 4 is 46.7 Å². The standard InChI is InChI=1S/C19H27IN2O4.ClH/c1-2-3-6-22-7-4-12(5-8-22)15(19(23)24)13-11-14(20)16(21)18-17(13)25-9-10-26-18;/h11-12,15H,2-10,21H2,1H3,(H,23,24);1H. The van der Waals surface area contributed by atoms with Crippen LogP contribution < -0.4 is 15.2 Å². The molecule has 1 unspecified atom stereocenters. The highest BCUT2D eigenvalue weighted by molar-refractivity contribution is 14.1. The number of ether oxygens (including phenoxy) is 2. The number of nitrogens with two attached hydrogens (primary N) is 1. The minimum absolute atomic E-state index is 0. The average molecular weight is 511 g/mol. The Labute approximate surface area is 180 Å². The molecular formula is C19H28ClIN2O4. The molecule has 0 aromatic heterocycles. The first kappa shape index (κ1) is 22.4. The first-order chi connectivity index (χ1) is 12.5. The summed E-state index contributed by atoms with van der Waals surface area (Å²) in [6.45, 7) is 6.07. The van der Waals surface area contributed by atoms with Crippen LogP contribution in [0.3, 0.4) is 0 Å². The number of likely N-dealkylation sites (tertiary alicyclic amines) is 1. The molecule has 0 radical (unpaired) electrons. The zero-order chi connectivity index (χ0) is 18.7. The number of carbonyl (C=O) groups is 1. The van der Waals surface area contributed by atoms with E-state index >= 15 is 0 Å². The summed E-state index contributed by atoms with van der Waals surface area (Å²) < 4.78 is 12.3. The number of halogens is 2. The Kier molecular flexibility index (Phi) is 8.30. The third-order valence-corrected chi connectivity index (χ3v) is 6.25. The lowest BCUT2D eigenvalue weighted by atomic mass is 9.79. The van der Waals surface area contributed by atoms with Gasteiger partial charge in [-0.3, -0.25) is 4.79 Å². The Morgan fingerprint density at radius 3 is 2.56 bits per heavy atom. The summed E-state index contributed by atoms with van der Waals surface area (Å²) in [4.78, 5) is 14.6. The van der Waals surface area contributed by atoms with E-state index in [-0.39, 0.29) is 18.3 Å². The van der Waals surface area contributed by atoms with Crippen molar-refractivity contribution in [3.8, 4) is 11.5 Å². The monoisotopic (exact) mass is 510 g/mol. The van der Waals surface area contributed by atoms with Crippen molar-refractivity contribution in [1.29, 1.82) is 0 Å². The van der Waals surface area contributed by atoms with Crippen molar-refractivity contribution in [2.45, 2.75) is 38.5 Å². The lowest BCUT2D eigenvalue weighted by molar-refractivity contribution is -0.140. The topological polar surface area (TPSA) is 85.0 Å². The van der Waals surface area contributed by atoms with Crippen LogP contribution in [0.15, 0.2) is 6.07 Å². The van der Waals surface area contributed by atoms with Gasteiger partial charge < -0.3 is 25.2 Å². The maximum absolute atomic E-state index is 12.2. The summed E-state index contributed by atoms with van der Waals surface area (Å²) in [5, 5.41) is 10.0. The van der Waals surface area contributed by atoms with Crippen LogP contribution in [0.4, 0.5) is 5.69 Å². The Hall–Kier alpha value is -0.930. The second kappa shape index (κ2) is 10.0. The summed E-state index contributed by atoms with van der Waals surface area (Å²) in [6, 6.07) is 1.87. The van der Waals surface area contributed by atoms with Gasteiger partial charge in [0.05, 0.1) is 11.6 Å². The minimum Gasteiger partial charge on any atom is -0.486 e. The molecule has 2 aliphatic rings. The van der Waals surface area contributed by atoms with Crippen LogP contribution in [0, 0.1) is 9.49 Å². The van der Waals surface area contributed by atoms with E-state index in [1.165, 1.54) is 12.8 Å². The molecule has 0 saturated carbocycles. The van der Waals surface area contributed by atoms with Crippen LogP contribution in [-0.2, 0) is 4.79 Å². The summed E-state index contributed by atoms with van der Waals surface area (Å²) in [7, 11) is 0. The second-order valence-electron chi connectivity index (χ2n) is 7.06. The maximum atomic E-state index is 12.2. The summed E-state index contributed by atoms with van der Waals surface area (Å²) in [5.74, 6) is -0.263. The first-order valence-electron chi connectivity index (χ1n) is 9.35. The number of anilines is 1. The van der Waals surface area contributed by atoms with Gasteiger partial charge >= 0.3 is 5.97 Å². The van der Waals surface area contributed by atoms with Gasteiger partial charge in [-0.25, -0.2) is 0 Å². The second-order valence-corrected chi connectivity index (χ2v) is 8.23. The average Bonchev–Trinajstić information content (AvgIpc) is 2.65. The van der Waals surface area contributed by atoms with Gasteiger partial charge in [-0.05, 0) is 73.5 Å². The number of hydrogen-bond donors (Lipinski definition) is 2. The Morgan fingerprint density at radius 2 is 1.96 bits per heavy atom. The molecule has 1 aromatic carbocycles. The third kappa shape index (κ3) is 4.92. The summed E-state index contributed by atoms with van der Waals surface area (Å²) in [6.07, 6.45) is 4.15. The molecule has 27 heavy (non-hydrogen) atoms. The predicted octanol–water partition coefficient (Wildman–Crippen LogP) is 3.75. The van der Waals surface area contributed by atoms with Crippen molar-refractivity contribution < 1.29 is 19.4 Å². The highest BCUT2D eigenvalue weighted by Gasteiger charge is 2.37. The number of nitrogens with zero attached hydrogens (tertiary/aromatic N) is 1. The van der Waals surface area contributed by atoms with Crippen molar-refractivity contribution in [3.63, 3.8) is 0 Å². The number of unbranched alkanes of at least 4 members (excludes halogenated alkanes) is 1. The third-order valence-electron chi connectivity index (χ3n) is 5.36. The lowest BCUT2D eigenvalue weighted by Gasteiger charge is -2.36. The Morgan fingerprint density at radius 1 is 1.33 bits per heavy atom. The molecule has 0 aliphatic carbocycles. The van der Waals surface area contributed by atoms with Gasteiger partial charge in [0.15, 0.2) is 11.5 Å². The van der Waals surface area contributed by atoms with E-state index in [1.54, 1.807) is 0 Å². The smallest absolute Gasteiger partial charge is 0.311 e. The highest BCUT2D eigenvalue weighted by Crippen LogP contribution is 2.47. The van der Waals surface area contributed by atoms with Crippen LogP contribution >= 0.6 is 35.0 Å². The van der Waals surface area contributed by atoms with Crippen LogP contribution in [0.2, 0.25) is 0 Å². The number of hydrogen-bond acceptors (Lipinski definition) is 5. The zero-order valence-corrected chi connectivity index (χ0v) is 18.6. The predicted molar refractivity (Wildman–Crippen MR) is 116 cm³/mol. The van der Waals surface area contributed by atoms with E-state index in [0.717, 1.165) is 36.0 Å². The van der Waals surface area contributed by atoms with Gasteiger partial charge in [0.2, 0.25) is 0 Å². The molecule has 1 atom stereocenters. The summed E-state index contributed by atoms with van der Waals surface area (Å²) >= 11 is 2.14. The van der Waals surface area contributed by atoms with Crippen LogP contribution in [0.5, 0.6) is 11.5 Å². The lowest BCUT2D eigenvalue weighted by Crippen LogP contribution is -2.38. The molecule has 3 N–H and O–H groups in total. The van der Waals surface area contributed by atoms with E-state index in [4.69, 9.17) is 15.2 Å². The molecular weight excluding hydrogens is 483 g/mol. The van der Waals surface area contributed by atoms with Gasteiger partial charge in [-0.1, -0.05) is 13.3 Å². The maximum Gasteiger partial charge on any atom is 0.311 e. The molecule has 2 heterocycles. The molecule has 0 bridgehead atoms. The van der Waals surface area contributed by atoms with Gasteiger partial charge in [0.25, 0.3) is 0 Å². The normalized spacial score (nSPS) is 18.6. The van der Waals surface area contributed by atoms with Crippen LogP contribution in [-0.4, -0.2) is 48.8 Å². The Balaban J connectivity index is 0.00000261. The van der Waals surface area contributed by atoms with Crippen molar-refractivity contribution in [3.05, 3.63) is 15.2 Å². The largest absolute Gasteiger partial charge is 0.486 e. The number of carboxylic acids is 1. The minimum atomic E-state index is -0.797. The molecule has 1 aromatic rings. The van der Waals surface area contributed by atoms with E-state index in [1.807, 2.05) is 6.07 Å². The molecule has 2 aliphatic heterocycles. The van der Waals surface area contributed by atoms with E-state index in [2.05, 4.69) is 34.4 Å². The van der Waals surface area contributed by atoms with Gasteiger partial charge in [-0.2, -0.15) is 0 Å². The number of aliphatic carboxylic acids is 1. The van der Waals surface area contributed by atoms with E-state index < -0.39 is 11.9 Å². The molecule has 0 amide bonds. The molecule has 0 spiro atoms. The SMILES string of the molecule is CCCCN1CCC(C(C(=O)O)c2cc(I)c(N)c3c2OCCO3)CC1.Cl. The quantitative estimate of drug-likeness (QED) is 0.448. The molecule has 8 heteroatoms. The first-order valence-corrected chi connectivity index (χ1v) is 10.4. The number of rotatable bonds is 6. The van der Waals surface area contributed by atoms with E-state index in [0.29, 0.717) is 36.0 Å². The fourth-order valence-corrected chi connectivity index (χ4v) is 4.51. The zero-order valence-electron chi connectivity index (χ0n) is 15.6. The molecule has 6 nitrogen and oxygen atoms in total. The fourth-order valence-electron chi connectivity index (χ4n) is 3.93. The number of nitrogen functional groups attached to an aromatic ring is 1. The molecule has 3 rings (SSSR count). The van der Waals surface area contributed by atoms with Crippen molar-refractivity contribution in [1.82, 2.24) is 4.90 Å². The summed E-state index contributed by atoms with van der Waals surface area (Å²) in [5.41, 5.74) is 7.36. The highest BCUT2D eigenvalue weighted by atomic mass is 127. The van der Waals surface area contributed by atoms with Crippen molar-refractivity contribution in [2.24, 2.45) is 5.92 Å². The number of fused-ring (bicyclic) bond motifs is 1. The van der Waals surface area contributed by atoms with Crippen molar-refractivity contribution in [2.75, 3.05) is 38.6 Å². The van der Waals surface area contributed by atoms with E-state index in [9.17, 15) is 9.90 Å². The van der Waals surface area contributed by atoms with Crippen LogP contribution in [0.25, 0.3) is 0 Å². The Bertz CT molecular complexity index is 666. The fraction of sp³-hybridized carbons (Fsp3) is 0.632. The van der Waals surface area contributed by atoms with Crippen LogP contribution in [0.1, 0.15) is 44.1 Å². The van der Waals surface area contributed by atoms with Gasteiger partial charge in [0.1, 0.15) is 13.2 Å².